The molecule has 0 aliphatic heterocycles. The molecule has 0 saturated heterocycles. The zero-order valence-electron chi connectivity index (χ0n) is 17.2. The van der Waals surface area contributed by atoms with Crippen LogP contribution in [0.15, 0.2) is 71.6 Å². The molecule has 0 saturated carbocycles. The van der Waals surface area contributed by atoms with Gasteiger partial charge in [0.1, 0.15) is 17.3 Å². The van der Waals surface area contributed by atoms with Crippen molar-refractivity contribution in [2.24, 2.45) is 5.73 Å². The first-order valence-electron chi connectivity index (χ1n) is 9.52. The average Bonchev–Trinajstić information content (AvgIpc) is 2.76. The fourth-order valence-corrected chi connectivity index (χ4v) is 4.49. The first-order chi connectivity index (χ1) is 15.3. The number of nitrogens with one attached hydrogen (secondary N) is 2. The van der Waals surface area contributed by atoms with Gasteiger partial charge in [0.15, 0.2) is 0 Å². The van der Waals surface area contributed by atoms with Crippen LogP contribution in [0.25, 0.3) is 11.1 Å². The van der Waals surface area contributed by atoms with Crippen LogP contribution in [0, 0.1) is 0 Å². The summed E-state index contributed by atoms with van der Waals surface area (Å²) < 4.78 is 38.9. The minimum Gasteiger partial charge on any atom is -0.495 e. The number of hydrogen-bond acceptors (Lipinski definition) is 6. The second-order valence-electron chi connectivity index (χ2n) is 6.63. The smallest absolute Gasteiger partial charge is 0.404 e. The van der Waals surface area contributed by atoms with Crippen LogP contribution >= 0.6 is 11.6 Å². The van der Waals surface area contributed by atoms with Crippen molar-refractivity contribution in [2.45, 2.75) is 4.90 Å². The number of halogens is 1. The Morgan fingerprint density at radius 3 is 2.50 bits per heavy atom. The second kappa shape index (κ2) is 10.3. The first kappa shape index (κ1) is 23.2. The molecule has 10 heteroatoms. The molecule has 0 heterocycles. The van der Waals surface area contributed by atoms with E-state index in [9.17, 15) is 13.2 Å². The SMILES string of the molecule is COc1ccc(-c2ccccc2Cl)cc1S(=O)(=O)Nc1cccc(NCCOC(N)=O)c1. The third-order valence-electron chi connectivity index (χ3n) is 4.43. The van der Waals surface area contributed by atoms with Crippen molar-refractivity contribution in [3.63, 3.8) is 0 Å². The minimum absolute atomic E-state index is 0.0226. The number of methoxy groups -OCH3 is 1. The quantitative estimate of drug-likeness (QED) is 0.396. The van der Waals surface area contributed by atoms with Gasteiger partial charge in [-0.3, -0.25) is 4.72 Å². The van der Waals surface area contributed by atoms with Crippen LogP contribution in [0.1, 0.15) is 0 Å². The van der Waals surface area contributed by atoms with Gasteiger partial charge in [-0.1, -0.05) is 41.9 Å². The number of nitrogens with two attached hydrogens (primary N) is 1. The lowest BCUT2D eigenvalue weighted by atomic mass is 10.1. The van der Waals surface area contributed by atoms with E-state index in [1.165, 1.54) is 13.2 Å². The largest absolute Gasteiger partial charge is 0.495 e. The molecule has 3 rings (SSSR count). The Labute approximate surface area is 191 Å². The Morgan fingerprint density at radius 1 is 1.03 bits per heavy atom. The lowest BCUT2D eigenvalue weighted by Crippen LogP contribution is -2.18. The van der Waals surface area contributed by atoms with Crippen LogP contribution in [0.3, 0.4) is 0 Å². The standard InChI is InChI=1S/C22H22ClN3O5S/c1-30-20-10-9-15(18-7-2-3-8-19(18)23)13-21(20)32(28,29)26-17-6-4-5-16(14-17)25-11-12-31-22(24)27/h2-10,13-14,25-26H,11-12H2,1H3,(H2,24,27). The predicted molar refractivity (Wildman–Crippen MR) is 125 cm³/mol. The fourth-order valence-electron chi connectivity index (χ4n) is 3.00. The average molecular weight is 476 g/mol. The van der Waals surface area contributed by atoms with Gasteiger partial charge in [0.2, 0.25) is 0 Å². The van der Waals surface area contributed by atoms with E-state index >= 15 is 0 Å². The molecule has 8 nitrogen and oxygen atoms in total. The summed E-state index contributed by atoms with van der Waals surface area (Å²) in [6.07, 6.45) is -0.860. The normalized spacial score (nSPS) is 10.9. The zero-order valence-corrected chi connectivity index (χ0v) is 18.7. The van der Waals surface area contributed by atoms with E-state index in [1.54, 1.807) is 48.5 Å². The molecule has 0 atom stereocenters. The number of ether oxygens (including phenoxy) is 2. The molecule has 4 N–H and O–H groups in total. The lowest BCUT2D eigenvalue weighted by Gasteiger charge is -2.15. The van der Waals surface area contributed by atoms with Crippen molar-refractivity contribution < 1.29 is 22.7 Å². The van der Waals surface area contributed by atoms with Crippen LogP contribution in [0.5, 0.6) is 5.75 Å². The highest BCUT2D eigenvalue weighted by atomic mass is 35.5. The molecule has 0 bridgehead atoms. The van der Waals surface area contributed by atoms with E-state index in [0.29, 0.717) is 34.1 Å². The summed E-state index contributed by atoms with van der Waals surface area (Å²) in [5, 5.41) is 3.53. The van der Waals surface area contributed by atoms with E-state index < -0.39 is 16.1 Å². The maximum Gasteiger partial charge on any atom is 0.404 e. The topological polar surface area (TPSA) is 120 Å². The van der Waals surface area contributed by atoms with Gasteiger partial charge in [-0.05, 0) is 42.0 Å². The highest BCUT2D eigenvalue weighted by Crippen LogP contribution is 2.34. The summed E-state index contributed by atoms with van der Waals surface area (Å²) >= 11 is 6.28. The van der Waals surface area contributed by atoms with Gasteiger partial charge in [0.25, 0.3) is 10.0 Å². The molecule has 32 heavy (non-hydrogen) atoms. The van der Waals surface area contributed by atoms with Gasteiger partial charge < -0.3 is 20.5 Å². The molecule has 0 spiro atoms. The minimum atomic E-state index is -3.98. The summed E-state index contributed by atoms with van der Waals surface area (Å²) in [4.78, 5) is 10.6. The molecule has 0 aliphatic rings. The van der Waals surface area contributed by atoms with E-state index in [4.69, 9.17) is 22.1 Å². The Hall–Kier alpha value is -3.43. The fraction of sp³-hybridized carbons (Fsp3) is 0.136. The molecule has 168 valence electrons. The monoisotopic (exact) mass is 475 g/mol. The molecule has 0 fully saturated rings. The van der Waals surface area contributed by atoms with Gasteiger partial charge in [-0.15, -0.1) is 0 Å². The Balaban J connectivity index is 1.85. The van der Waals surface area contributed by atoms with E-state index in [-0.39, 0.29) is 17.3 Å². The van der Waals surface area contributed by atoms with Crippen LogP contribution in [0.2, 0.25) is 5.02 Å². The molecule has 0 aromatic heterocycles. The van der Waals surface area contributed by atoms with E-state index in [1.807, 2.05) is 12.1 Å². The van der Waals surface area contributed by atoms with Crippen molar-refractivity contribution in [3.05, 3.63) is 71.8 Å². The van der Waals surface area contributed by atoms with Crippen LogP contribution in [-0.2, 0) is 14.8 Å². The van der Waals surface area contributed by atoms with Gasteiger partial charge in [-0.2, -0.15) is 0 Å². The van der Waals surface area contributed by atoms with Crippen LogP contribution < -0.4 is 20.5 Å². The number of hydrogen-bond donors (Lipinski definition) is 3. The van der Waals surface area contributed by atoms with Gasteiger partial charge >= 0.3 is 6.09 Å². The number of carbonyl (C=O) groups is 1. The van der Waals surface area contributed by atoms with Gasteiger partial charge in [0.05, 0.1) is 12.8 Å². The van der Waals surface area contributed by atoms with Crippen molar-refractivity contribution in [1.29, 1.82) is 0 Å². The maximum absolute atomic E-state index is 13.2. The molecular weight excluding hydrogens is 454 g/mol. The third-order valence-corrected chi connectivity index (χ3v) is 6.16. The van der Waals surface area contributed by atoms with Crippen LogP contribution in [0.4, 0.5) is 16.2 Å². The molecule has 0 radical (unpaired) electrons. The Bertz CT molecular complexity index is 1220. The summed E-state index contributed by atoms with van der Waals surface area (Å²) in [5.41, 5.74) is 7.24. The van der Waals surface area contributed by atoms with Gasteiger partial charge in [0, 0.05) is 22.8 Å². The lowest BCUT2D eigenvalue weighted by molar-refractivity contribution is 0.161. The van der Waals surface area contributed by atoms with Crippen LogP contribution in [-0.4, -0.2) is 34.8 Å². The Morgan fingerprint density at radius 2 is 1.78 bits per heavy atom. The molecule has 3 aromatic rings. The second-order valence-corrected chi connectivity index (χ2v) is 8.68. The van der Waals surface area contributed by atoms with E-state index in [0.717, 1.165) is 0 Å². The van der Waals surface area contributed by atoms with Crippen molar-refractivity contribution in [1.82, 2.24) is 0 Å². The number of carbonyl (C=O) groups excluding carboxylic acids is 1. The number of rotatable bonds is 9. The zero-order chi connectivity index (χ0) is 23.1. The Kier molecular flexibility index (Phi) is 7.45. The maximum atomic E-state index is 13.2. The number of benzene rings is 3. The molecule has 0 aliphatic carbocycles. The number of primary amides is 1. The third kappa shape index (κ3) is 5.83. The number of sulfonamides is 1. The summed E-state index contributed by atoms with van der Waals surface area (Å²) in [6, 6.07) is 18.7. The van der Waals surface area contributed by atoms with Crippen molar-refractivity contribution >= 4 is 39.1 Å². The molecule has 3 aromatic carbocycles. The van der Waals surface area contributed by atoms with Gasteiger partial charge in [-0.25, -0.2) is 13.2 Å². The first-order valence-corrected chi connectivity index (χ1v) is 11.4. The van der Waals surface area contributed by atoms with Crippen molar-refractivity contribution in [2.75, 3.05) is 30.3 Å². The molecule has 0 unspecified atom stereocenters. The number of anilines is 2. The number of amides is 1. The summed E-state index contributed by atoms with van der Waals surface area (Å²) in [5.74, 6) is 0.200. The summed E-state index contributed by atoms with van der Waals surface area (Å²) in [6.45, 7) is 0.393. The molecular formula is C22H22ClN3O5S. The summed E-state index contributed by atoms with van der Waals surface area (Å²) in [7, 11) is -2.58. The highest BCUT2D eigenvalue weighted by molar-refractivity contribution is 7.92. The van der Waals surface area contributed by atoms with Crippen molar-refractivity contribution in [3.8, 4) is 16.9 Å². The predicted octanol–water partition coefficient (Wildman–Crippen LogP) is 4.32. The van der Waals surface area contributed by atoms with E-state index in [2.05, 4.69) is 14.8 Å². The highest BCUT2D eigenvalue weighted by Gasteiger charge is 2.21. The molecule has 1 amide bonds.